The van der Waals surface area contributed by atoms with Gasteiger partial charge in [-0.25, -0.2) is 0 Å². The van der Waals surface area contributed by atoms with E-state index in [2.05, 4.69) is 15.9 Å². The average Bonchev–Trinajstić information content (AvgIpc) is 1.81. The summed E-state index contributed by atoms with van der Waals surface area (Å²) in [6.07, 6.45) is 0.501. The van der Waals surface area contributed by atoms with Gasteiger partial charge >= 0.3 is 0 Å². The van der Waals surface area contributed by atoms with Crippen molar-refractivity contribution in [1.82, 2.24) is 0 Å². The molecule has 60 valence electrons. The molecule has 0 aromatic rings. The highest BCUT2D eigenvalue weighted by molar-refractivity contribution is 9.09. The average molecular weight is 209 g/mol. The minimum Gasteiger partial charge on any atom is -0.380 e. The molecule has 0 aliphatic carbocycles. The Balaban J connectivity index is 3.71. The number of rotatable bonds is 4. The molecule has 0 saturated carbocycles. The van der Waals surface area contributed by atoms with Crippen LogP contribution in [0.3, 0.4) is 0 Å². The lowest BCUT2D eigenvalue weighted by Crippen LogP contribution is -2.22. The number of carbonyl (C=O) groups is 1. The fourth-order valence-electron chi connectivity index (χ4n) is 0.717. The van der Waals surface area contributed by atoms with Crippen LogP contribution >= 0.6 is 15.9 Å². The Hall–Kier alpha value is 0.110. The molecule has 0 fully saturated rings. The predicted octanol–water partition coefficient (Wildman–Crippen LogP) is 1.76. The van der Waals surface area contributed by atoms with Crippen LogP contribution in [0.5, 0.6) is 0 Å². The summed E-state index contributed by atoms with van der Waals surface area (Å²) in [4.78, 5) is 10.9. The monoisotopic (exact) mass is 208 g/mol. The molecule has 0 N–H and O–H groups in total. The number of Topliss-reactive ketones (excluding diaryl/α,β-unsaturated/α-hetero) is 1. The number of ketones is 1. The van der Waals surface area contributed by atoms with E-state index >= 15 is 0 Å². The maximum Gasteiger partial charge on any atom is 0.132 e. The topological polar surface area (TPSA) is 26.3 Å². The smallest absolute Gasteiger partial charge is 0.132 e. The maximum atomic E-state index is 10.6. The molecule has 0 rings (SSSR count). The lowest BCUT2D eigenvalue weighted by atomic mass is 10.1. The molecule has 0 aliphatic rings. The summed E-state index contributed by atoms with van der Waals surface area (Å²) in [5.74, 6) is 0.165. The zero-order valence-electron chi connectivity index (χ0n) is 6.56. The summed E-state index contributed by atoms with van der Waals surface area (Å²) in [5.41, 5.74) is 0. The molecule has 0 radical (unpaired) electrons. The van der Waals surface area contributed by atoms with Gasteiger partial charge in [-0.3, -0.25) is 4.79 Å². The molecule has 0 amide bonds. The Morgan fingerprint density at radius 2 is 2.20 bits per heavy atom. The normalized spacial score (nSPS) is 16.4. The van der Waals surface area contributed by atoms with Crippen LogP contribution in [0.15, 0.2) is 0 Å². The number of carbonyl (C=O) groups excluding carboxylic acids is 1. The van der Waals surface area contributed by atoms with Crippen LogP contribution in [0.2, 0.25) is 0 Å². The van der Waals surface area contributed by atoms with E-state index in [4.69, 9.17) is 4.74 Å². The van der Waals surface area contributed by atoms with E-state index in [0.717, 1.165) is 0 Å². The molecular weight excluding hydrogens is 196 g/mol. The van der Waals surface area contributed by atoms with Crippen molar-refractivity contribution < 1.29 is 9.53 Å². The Morgan fingerprint density at radius 1 is 1.70 bits per heavy atom. The van der Waals surface area contributed by atoms with Gasteiger partial charge in [0.25, 0.3) is 0 Å². The van der Waals surface area contributed by atoms with Crippen molar-refractivity contribution in [2.24, 2.45) is 0 Å². The van der Waals surface area contributed by atoms with Crippen LogP contribution in [-0.2, 0) is 9.53 Å². The van der Waals surface area contributed by atoms with Gasteiger partial charge in [-0.15, -0.1) is 0 Å². The fourth-order valence-corrected chi connectivity index (χ4v) is 1.12. The summed E-state index contributed by atoms with van der Waals surface area (Å²) < 4.78 is 5.05. The highest BCUT2D eigenvalue weighted by Crippen LogP contribution is 2.11. The van der Waals surface area contributed by atoms with E-state index in [1.807, 2.05) is 6.92 Å². The van der Waals surface area contributed by atoms with Crippen LogP contribution in [0, 0.1) is 0 Å². The van der Waals surface area contributed by atoms with E-state index in [0.29, 0.717) is 6.42 Å². The zero-order chi connectivity index (χ0) is 8.15. The molecule has 0 aromatic carbocycles. The first-order valence-electron chi connectivity index (χ1n) is 3.24. The third kappa shape index (κ3) is 4.01. The Bertz CT molecular complexity index is 112. The highest BCUT2D eigenvalue weighted by atomic mass is 79.9. The molecule has 0 bridgehead atoms. The van der Waals surface area contributed by atoms with Gasteiger partial charge in [-0.05, 0) is 6.92 Å². The SMILES string of the molecule is COC(CC(C)=O)C(C)Br. The van der Waals surface area contributed by atoms with Crippen LogP contribution < -0.4 is 0 Å². The van der Waals surface area contributed by atoms with Gasteiger partial charge in [0.15, 0.2) is 0 Å². The van der Waals surface area contributed by atoms with Crippen LogP contribution in [-0.4, -0.2) is 23.8 Å². The third-order valence-electron chi connectivity index (χ3n) is 1.30. The maximum absolute atomic E-state index is 10.6. The first kappa shape index (κ1) is 10.1. The fraction of sp³-hybridized carbons (Fsp3) is 0.857. The Morgan fingerprint density at radius 3 is 2.30 bits per heavy atom. The zero-order valence-corrected chi connectivity index (χ0v) is 8.14. The van der Waals surface area contributed by atoms with Crippen molar-refractivity contribution in [3.05, 3.63) is 0 Å². The summed E-state index contributed by atoms with van der Waals surface area (Å²) in [6.45, 7) is 3.54. The van der Waals surface area contributed by atoms with Gasteiger partial charge in [0.1, 0.15) is 5.78 Å². The number of halogens is 1. The summed E-state index contributed by atoms with van der Waals surface area (Å²) in [6, 6.07) is 0. The van der Waals surface area contributed by atoms with Crippen molar-refractivity contribution >= 4 is 21.7 Å². The van der Waals surface area contributed by atoms with E-state index in [-0.39, 0.29) is 16.7 Å². The van der Waals surface area contributed by atoms with E-state index in [9.17, 15) is 4.79 Å². The van der Waals surface area contributed by atoms with Gasteiger partial charge in [0.05, 0.1) is 6.10 Å². The van der Waals surface area contributed by atoms with Gasteiger partial charge in [-0.1, -0.05) is 22.9 Å². The Kier molecular flexibility index (Phi) is 4.91. The van der Waals surface area contributed by atoms with Crippen LogP contribution in [0.4, 0.5) is 0 Å². The van der Waals surface area contributed by atoms with E-state index in [1.165, 1.54) is 0 Å². The second kappa shape index (κ2) is 4.85. The first-order valence-corrected chi connectivity index (χ1v) is 4.15. The summed E-state index contributed by atoms with van der Waals surface area (Å²) in [7, 11) is 1.62. The summed E-state index contributed by atoms with van der Waals surface area (Å²) >= 11 is 3.35. The van der Waals surface area contributed by atoms with E-state index in [1.54, 1.807) is 14.0 Å². The number of hydrogen-bond donors (Lipinski definition) is 0. The third-order valence-corrected chi connectivity index (χ3v) is 1.89. The molecule has 10 heavy (non-hydrogen) atoms. The molecule has 0 aliphatic heterocycles. The van der Waals surface area contributed by atoms with Crippen molar-refractivity contribution in [2.75, 3.05) is 7.11 Å². The van der Waals surface area contributed by atoms with Crippen molar-refractivity contribution in [1.29, 1.82) is 0 Å². The molecule has 0 aromatic heterocycles. The van der Waals surface area contributed by atoms with Crippen molar-refractivity contribution in [3.8, 4) is 0 Å². The molecular formula is C7H13BrO2. The van der Waals surface area contributed by atoms with Crippen molar-refractivity contribution in [3.63, 3.8) is 0 Å². The van der Waals surface area contributed by atoms with Gasteiger partial charge in [-0.2, -0.15) is 0 Å². The number of alkyl halides is 1. The lowest BCUT2D eigenvalue weighted by Gasteiger charge is -2.15. The molecule has 2 unspecified atom stereocenters. The predicted molar refractivity (Wildman–Crippen MR) is 44.5 cm³/mol. The largest absolute Gasteiger partial charge is 0.380 e. The number of ether oxygens (including phenoxy) is 1. The molecule has 0 saturated heterocycles. The lowest BCUT2D eigenvalue weighted by molar-refractivity contribution is -0.119. The standard InChI is InChI=1S/C7H13BrO2/c1-5(9)4-7(10-3)6(2)8/h6-7H,4H2,1-3H3. The molecule has 2 nitrogen and oxygen atoms in total. The highest BCUT2D eigenvalue weighted by Gasteiger charge is 2.14. The van der Waals surface area contributed by atoms with E-state index < -0.39 is 0 Å². The van der Waals surface area contributed by atoms with Gasteiger partial charge in [0.2, 0.25) is 0 Å². The molecule has 3 heteroatoms. The minimum absolute atomic E-state index is 0.0116. The first-order chi connectivity index (χ1) is 4.57. The number of methoxy groups -OCH3 is 1. The van der Waals surface area contributed by atoms with Crippen LogP contribution in [0.1, 0.15) is 20.3 Å². The molecule has 2 atom stereocenters. The van der Waals surface area contributed by atoms with Gasteiger partial charge in [0, 0.05) is 18.4 Å². The second-order valence-electron chi connectivity index (χ2n) is 2.36. The Labute approximate surface area is 70.1 Å². The summed E-state index contributed by atoms with van der Waals surface area (Å²) in [5, 5.41) is 0. The van der Waals surface area contributed by atoms with Crippen molar-refractivity contribution in [2.45, 2.75) is 31.2 Å². The second-order valence-corrected chi connectivity index (χ2v) is 3.80. The van der Waals surface area contributed by atoms with Crippen LogP contribution in [0.25, 0.3) is 0 Å². The number of hydrogen-bond acceptors (Lipinski definition) is 2. The molecule has 0 spiro atoms. The quantitative estimate of drug-likeness (QED) is 0.659. The minimum atomic E-state index is 0.0116. The van der Waals surface area contributed by atoms with Gasteiger partial charge < -0.3 is 4.74 Å². The molecule has 0 heterocycles.